The number of alkyl halides is 1. The van der Waals surface area contributed by atoms with Crippen molar-refractivity contribution in [3.05, 3.63) is 35.9 Å². The van der Waals surface area contributed by atoms with Crippen LogP contribution in [0.3, 0.4) is 0 Å². The quantitative estimate of drug-likeness (QED) is 0.484. The third kappa shape index (κ3) is 4.20. The van der Waals surface area contributed by atoms with Crippen LogP contribution < -0.4 is 0 Å². The molecular formula is C12H15IO2. The van der Waals surface area contributed by atoms with Gasteiger partial charge in [0.1, 0.15) is 0 Å². The van der Waals surface area contributed by atoms with Crippen LogP contribution in [0.2, 0.25) is 0 Å². The lowest BCUT2D eigenvalue weighted by molar-refractivity contribution is 0.0376. The molecule has 2 nitrogen and oxygen atoms in total. The zero-order chi connectivity index (χ0) is 11.3. The summed E-state index contributed by atoms with van der Waals surface area (Å²) in [6.07, 6.45) is 0. The van der Waals surface area contributed by atoms with Gasteiger partial charge in [0.25, 0.3) is 0 Å². The minimum absolute atomic E-state index is 0.0466. The third-order valence-corrected chi connectivity index (χ3v) is 4.03. The summed E-state index contributed by atoms with van der Waals surface area (Å²) in [6, 6.07) is 9.07. The van der Waals surface area contributed by atoms with Crippen LogP contribution in [0.5, 0.6) is 0 Å². The Balaban J connectivity index is 2.51. The fraction of sp³-hybridized carbons (Fsp3) is 0.417. The second-order valence-electron chi connectivity index (χ2n) is 4.24. The maximum absolute atomic E-state index is 11.6. The Labute approximate surface area is 104 Å². The van der Waals surface area contributed by atoms with Crippen molar-refractivity contribution in [1.29, 1.82) is 0 Å². The molecule has 0 spiro atoms. The standard InChI is InChI=1S/C12H15IO2/c1-12(2,8-13)9-15-11(14)10-6-4-3-5-7-10/h3-7H,8-9H2,1-2H3. The number of esters is 1. The van der Waals surface area contributed by atoms with Crippen LogP contribution >= 0.6 is 22.6 Å². The molecule has 0 bridgehead atoms. The molecule has 0 fully saturated rings. The van der Waals surface area contributed by atoms with Crippen LogP contribution in [-0.4, -0.2) is 17.0 Å². The molecule has 0 unspecified atom stereocenters. The molecule has 1 aromatic carbocycles. The SMILES string of the molecule is CC(C)(CI)COC(=O)c1ccccc1. The molecule has 1 aromatic rings. The van der Waals surface area contributed by atoms with Crippen LogP contribution in [-0.2, 0) is 4.74 Å². The first-order chi connectivity index (χ1) is 7.05. The molecule has 0 aliphatic carbocycles. The zero-order valence-corrected chi connectivity index (χ0v) is 11.2. The molecule has 1 rings (SSSR count). The normalized spacial score (nSPS) is 11.1. The van der Waals surface area contributed by atoms with Gasteiger partial charge >= 0.3 is 5.97 Å². The summed E-state index contributed by atoms with van der Waals surface area (Å²) in [4.78, 5) is 11.6. The molecule has 0 aliphatic rings. The summed E-state index contributed by atoms with van der Waals surface area (Å²) in [5.74, 6) is -0.242. The Kier molecular flexibility index (Phi) is 4.57. The Morgan fingerprint density at radius 3 is 2.47 bits per heavy atom. The van der Waals surface area contributed by atoms with Crippen molar-refractivity contribution in [1.82, 2.24) is 0 Å². The van der Waals surface area contributed by atoms with Crippen LogP contribution in [0.1, 0.15) is 24.2 Å². The van der Waals surface area contributed by atoms with Crippen LogP contribution in [0.4, 0.5) is 0 Å². The number of carbonyl (C=O) groups excluding carboxylic acids is 1. The summed E-state index contributed by atoms with van der Waals surface area (Å²) >= 11 is 2.30. The molecule has 3 heteroatoms. The van der Waals surface area contributed by atoms with Gasteiger partial charge in [0.05, 0.1) is 12.2 Å². The van der Waals surface area contributed by atoms with Gasteiger partial charge in [-0.2, -0.15) is 0 Å². The van der Waals surface area contributed by atoms with Crippen molar-refractivity contribution in [3.63, 3.8) is 0 Å². The van der Waals surface area contributed by atoms with Gasteiger partial charge in [-0.25, -0.2) is 4.79 Å². The zero-order valence-electron chi connectivity index (χ0n) is 9.00. The molecule has 15 heavy (non-hydrogen) atoms. The summed E-state index contributed by atoms with van der Waals surface area (Å²) in [6.45, 7) is 4.62. The molecule has 0 saturated heterocycles. The Hall–Kier alpha value is -0.580. The number of benzene rings is 1. The maximum Gasteiger partial charge on any atom is 0.338 e. The van der Waals surface area contributed by atoms with Crippen LogP contribution in [0.25, 0.3) is 0 Å². The predicted octanol–water partition coefficient (Wildman–Crippen LogP) is 3.30. The highest BCUT2D eigenvalue weighted by Crippen LogP contribution is 2.19. The van der Waals surface area contributed by atoms with E-state index in [0.717, 1.165) is 4.43 Å². The average Bonchev–Trinajstić information content (AvgIpc) is 2.27. The highest BCUT2D eigenvalue weighted by molar-refractivity contribution is 14.1. The first kappa shape index (κ1) is 12.5. The Bertz CT molecular complexity index is 320. The van der Waals surface area contributed by atoms with Gasteiger partial charge in [-0.3, -0.25) is 0 Å². The van der Waals surface area contributed by atoms with E-state index in [9.17, 15) is 4.79 Å². The van der Waals surface area contributed by atoms with Gasteiger partial charge < -0.3 is 4.74 Å². The van der Waals surface area contributed by atoms with Crippen LogP contribution in [0.15, 0.2) is 30.3 Å². The third-order valence-electron chi connectivity index (χ3n) is 1.97. The van der Waals surface area contributed by atoms with Gasteiger partial charge in [-0.05, 0) is 12.1 Å². The van der Waals surface area contributed by atoms with Crippen molar-refractivity contribution in [2.24, 2.45) is 5.41 Å². The molecule has 0 atom stereocenters. The number of halogens is 1. The predicted molar refractivity (Wildman–Crippen MR) is 69.4 cm³/mol. The van der Waals surface area contributed by atoms with Crippen molar-refractivity contribution in [3.8, 4) is 0 Å². The van der Waals surface area contributed by atoms with E-state index in [-0.39, 0.29) is 11.4 Å². The average molecular weight is 318 g/mol. The molecule has 82 valence electrons. The summed E-state index contributed by atoms with van der Waals surface area (Å²) < 4.78 is 6.21. The summed E-state index contributed by atoms with van der Waals surface area (Å²) in [5.41, 5.74) is 0.659. The van der Waals surface area contributed by atoms with Crippen LogP contribution in [0, 0.1) is 5.41 Å². The number of ether oxygens (including phenoxy) is 1. The van der Waals surface area contributed by atoms with E-state index in [4.69, 9.17) is 4.74 Å². The molecule has 0 radical (unpaired) electrons. The van der Waals surface area contributed by atoms with Crippen molar-refractivity contribution in [2.75, 3.05) is 11.0 Å². The fourth-order valence-electron chi connectivity index (χ4n) is 0.957. The van der Waals surface area contributed by atoms with E-state index in [0.29, 0.717) is 12.2 Å². The second-order valence-corrected chi connectivity index (χ2v) is 5.00. The fourth-order valence-corrected chi connectivity index (χ4v) is 1.18. The first-order valence-electron chi connectivity index (χ1n) is 4.83. The van der Waals surface area contributed by atoms with Crippen molar-refractivity contribution < 1.29 is 9.53 Å². The summed E-state index contributed by atoms with van der Waals surface area (Å²) in [7, 11) is 0. The lowest BCUT2D eigenvalue weighted by Gasteiger charge is -2.20. The van der Waals surface area contributed by atoms with E-state index in [2.05, 4.69) is 36.4 Å². The monoisotopic (exact) mass is 318 g/mol. The molecule has 0 amide bonds. The lowest BCUT2D eigenvalue weighted by atomic mass is 9.98. The van der Waals surface area contributed by atoms with Gasteiger partial charge in [0.15, 0.2) is 0 Å². The summed E-state index contributed by atoms with van der Waals surface area (Å²) in [5, 5.41) is 0. The Morgan fingerprint density at radius 2 is 1.93 bits per heavy atom. The van der Waals surface area contributed by atoms with Gasteiger partial charge in [0.2, 0.25) is 0 Å². The van der Waals surface area contributed by atoms with E-state index >= 15 is 0 Å². The van der Waals surface area contributed by atoms with Gasteiger partial charge in [-0.15, -0.1) is 0 Å². The minimum atomic E-state index is -0.242. The van der Waals surface area contributed by atoms with Crippen molar-refractivity contribution in [2.45, 2.75) is 13.8 Å². The molecule has 0 heterocycles. The number of hydrogen-bond acceptors (Lipinski definition) is 2. The largest absolute Gasteiger partial charge is 0.461 e. The number of carbonyl (C=O) groups is 1. The molecule has 0 saturated carbocycles. The minimum Gasteiger partial charge on any atom is -0.461 e. The first-order valence-corrected chi connectivity index (χ1v) is 6.36. The molecule has 0 aliphatic heterocycles. The van der Waals surface area contributed by atoms with Gasteiger partial charge in [0, 0.05) is 9.84 Å². The smallest absolute Gasteiger partial charge is 0.338 e. The molecule has 0 N–H and O–H groups in total. The molecular weight excluding hydrogens is 303 g/mol. The Morgan fingerprint density at radius 1 is 1.33 bits per heavy atom. The molecule has 0 aromatic heterocycles. The van der Waals surface area contributed by atoms with E-state index in [1.54, 1.807) is 12.1 Å². The van der Waals surface area contributed by atoms with E-state index < -0.39 is 0 Å². The van der Waals surface area contributed by atoms with Gasteiger partial charge in [-0.1, -0.05) is 54.6 Å². The number of rotatable bonds is 4. The van der Waals surface area contributed by atoms with Crippen molar-refractivity contribution >= 4 is 28.6 Å². The second kappa shape index (κ2) is 5.49. The van der Waals surface area contributed by atoms with E-state index in [1.165, 1.54) is 0 Å². The van der Waals surface area contributed by atoms with E-state index in [1.807, 2.05) is 18.2 Å². The lowest BCUT2D eigenvalue weighted by Crippen LogP contribution is -2.23. The number of hydrogen-bond donors (Lipinski definition) is 0. The topological polar surface area (TPSA) is 26.3 Å². The maximum atomic E-state index is 11.6. The highest BCUT2D eigenvalue weighted by atomic mass is 127. The highest BCUT2D eigenvalue weighted by Gasteiger charge is 2.19.